The lowest BCUT2D eigenvalue weighted by Gasteiger charge is -2.26. The average molecular weight is 289 g/mol. The van der Waals surface area contributed by atoms with Crippen LogP contribution in [0.2, 0.25) is 0 Å². The number of hydrogen-bond acceptors (Lipinski definition) is 2. The first-order valence-corrected chi connectivity index (χ1v) is 7.88. The molecule has 1 N–H and O–H groups in total. The van der Waals surface area contributed by atoms with E-state index >= 15 is 0 Å². The zero-order valence-electron chi connectivity index (χ0n) is 12.3. The summed E-state index contributed by atoms with van der Waals surface area (Å²) < 4.78 is 5.36. The van der Waals surface area contributed by atoms with E-state index in [9.17, 15) is 9.90 Å². The van der Waals surface area contributed by atoms with Gasteiger partial charge in [-0.25, -0.2) is 4.79 Å². The molecule has 3 rings (SSSR count). The molecule has 1 aromatic carbocycles. The van der Waals surface area contributed by atoms with Crippen LogP contribution in [0.3, 0.4) is 0 Å². The third-order valence-electron chi connectivity index (χ3n) is 4.75. The highest BCUT2D eigenvalue weighted by Crippen LogP contribution is 2.44. The summed E-state index contributed by atoms with van der Waals surface area (Å²) in [7, 11) is 0. The molecule has 114 valence electrons. The number of benzene rings is 1. The summed E-state index contributed by atoms with van der Waals surface area (Å²) in [5, 5.41) is 9.48. The monoisotopic (exact) mass is 289 g/mol. The molecule has 1 aromatic rings. The maximum Gasteiger partial charge on any atom is 0.407 e. The van der Waals surface area contributed by atoms with Gasteiger partial charge in [-0.1, -0.05) is 30.3 Å². The van der Waals surface area contributed by atoms with E-state index in [1.807, 2.05) is 18.2 Å². The van der Waals surface area contributed by atoms with Gasteiger partial charge in [0.05, 0.1) is 0 Å². The van der Waals surface area contributed by atoms with Crippen LogP contribution < -0.4 is 0 Å². The van der Waals surface area contributed by atoms with E-state index in [0.29, 0.717) is 18.4 Å². The van der Waals surface area contributed by atoms with E-state index in [1.54, 1.807) is 4.90 Å². The van der Waals surface area contributed by atoms with Gasteiger partial charge in [0.1, 0.15) is 0 Å². The molecule has 0 bridgehead atoms. The molecule has 1 aliphatic carbocycles. The Morgan fingerprint density at radius 2 is 1.95 bits per heavy atom. The molecule has 0 spiro atoms. The van der Waals surface area contributed by atoms with E-state index in [2.05, 4.69) is 12.1 Å². The summed E-state index contributed by atoms with van der Waals surface area (Å²) in [6.45, 7) is 2.32. The predicted molar refractivity (Wildman–Crippen MR) is 80.5 cm³/mol. The lowest BCUT2D eigenvalue weighted by Crippen LogP contribution is -2.35. The SMILES string of the molecule is O=C(O)N(CCC1CCOCC1)[C@@H]1C[C@H]1c1ccccc1. The molecule has 1 saturated carbocycles. The van der Waals surface area contributed by atoms with E-state index in [-0.39, 0.29) is 6.04 Å². The fourth-order valence-corrected chi connectivity index (χ4v) is 3.34. The van der Waals surface area contributed by atoms with Crippen LogP contribution in [0, 0.1) is 5.92 Å². The molecule has 2 aliphatic rings. The molecule has 0 radical (unpaired) electrons. The van der Waals surface area contributed by atoms with E-state index < -0.39 is 6.09 Å². The van der Waals surface area contributed by atoms with Crippen molar-refractivity contribution < 1.29 is 14.6 Å². The first kappa shape index (κ1) is 14.4. The Bertz CT molecular complexity index is 470. The van der Waals surface area contributed by atoms with Crippen molar-refractivity contribution in [2.75, 3.05) is 19.8 Å². The van der Waals surface area contributed by atoms with Gasteiger partial charge in [0, 0.05) is 31.7 Å². The Morgan fingerprint density at radius 3 is 2.62 bits per heavy atom. The number of amides is 1. The highest BCUT2D eigenvalue weighted by molar-refractivity contribution is 5.66. The van der Waals surface area contributed by atoms with Gasteiger partial charge in [0.2, 0.25) is 0 Å². The second-order valence-corrected chi connectivity index (χ2v) is 6.14. The molecule has 1 heterocycles. The van der Waals surface area contributed by atoms with Crippen molar-refractivity contribution in [1.82, 2.24) is 4.90 Å². The summed E-state index contributed by atoms with van der Waals surface area (Å²) in [6.07, 6.45) is 3.30. The number of rotatable bonds is 5. The first-order valence-electron chi connectivity index (χ1n) is 7.88. The number of carboxylic acid groups (broad SMARTS) is 1. The van der Waals surface area contributed by atoms with Crippen molar-refractivity contribution in [2.45, 2.75) is 37.6 Å². The summed E-state index contributed by atoms with van der Waals surface area (Å²) in [5.41, 5.74) is 1.26. The Labute approximate surface area is 125 Å². The van der Waals surface area contributed by atoms with Crippen molar-refractivity contribution in [3.05, 3.63) is 35.9 Å². The summed E-state index contributed by atoms with van der Waals surface area (Å²) in [5.74, 6) is 1.01. The largest absolute Gasteiger partial charge is 0.465 e. The van der Waals surface area contributed by atoms with Gasteiger partial charge < -0.3 is 14.7 Å². The fourth-order valence-electron chi connectivity index (χ4n) is 3.34. The minimum Gasteiger partial charge on any atom is -0.465 e. The molecule has 4 nitrogen and oxygen atoms in total. The van der Waals surface area contributed by atoms with Crippen LogP contribution in [-0.2, 0) is 4.74 Å². The topological polar surface area (TPSA) is 49.8 Å². The molecule has 1 aliphatic heterocycles. The number of nitrogens with zero attached hydrogens (tertiary/aromatic N) is 1. The Morgan fingerprint density at radius 1 is 1.24 bits per heavy atom. The van der Waals surface area contributed by atoms with E-state index in [0.717, 1.165) is 38.9 Å². The van der Waals surface area contributed by atoms with Crippen LogP contribution in [0.25, 0.3) is 0 Å². The quantitative estimate of drug-likeness (QED) is 0.904. The molecule has 21 heavy (non-hydrogen) atoms. The summed E-state index contributed by atoms with van der Waals surface area (Å²) >= 11 is 0. The molecule has 0 aromatic heterocycles. The number of hydrogen-bond donors (Lipinski definition) is 1. The van der Waals surface area contributed by atoms with Gasteiger partial charge in [-0.2, -0.15) is 0 Å². The van der Waals surface area contributed by atoms with Gasteiger partial charge in [-0.05, 0) is 37.2 Å². The third kappa shape index (κ3) is 3.56. The summed E-state index contributed by atoms with van der Waals surface area (Å²) in [6, 6.07) is 10.4. The van der Waals surface area contributed by atoms with Gasteiger partial charge in [0.25, 0.3) is 0 Å². The third-order valence-corrected chi connectivity index (χ3v) is 4.75. The molecule has 0 unspecified atom stereocenters. The predicted octanol–water partition coefficient (Wildman–Crippen LogP) is 3.34. The van der Waals surface area contributed by atoms with Crippen LogP contribution in [-0.4, -0.2) is 41.9 Å². The standard InChI is InChI=1S/C17H23NO3/c19-17(20)18(9-6-13-7-10-21-11-8-13)16-12-15(16)14-4-2-1-3-5-14/h1-5,13,15-16H,6-12H2,(H,19,20)/t15-,16+/m0/s1. The minimum atomic E-state index is -0.773. The van der Waals surface area contributed by atoms with Gasteiger partial charge >= 0.3 is 6.09 Å². The Hall–Kier alpha value is -1.55. The molecule has 2 fully saturated rings. The van der Waals surface area contributed by atoms with E-state index in [4.69, 9.17) is 4.74 Å². The molecule has 2 atom stereocenters. The molecule has 4 heteroatoms. The van der Waals surface area contributed by atoms with Crippen molar-refractivity contribution >= 4 is 6.09 Å². The highest BCUT2D eigenvalue weighted by atomic mass is 16.5. The van der Waals surface area contributed by atoms with Crippen molar-refractivity contribution in [3.63, 3.8) is 0 Å². The van der Waals surface area contributed by atoms with E-state index in [1.165, 1.54) is 5.56 Å². The molecular weight excluding hydrogens is 266 g/mol. The summed E-state index contributed by atoms with van der Waals surface area (Å²) in [4.78, 5) is 13.2. The lowest BCUT2D eigenvalue weighted by atomic mass is 9.96. The zero-order valence-corrected chi connectivity index (χ0v) is 12.3. The van der Waals surface area contributed by atoms with Gasteiger partial charge in [0.15, 0.2) is 0 Å². The van der Waals surface area contributed by atoms with Gasteiger partial charge in [-0.3, -0.25) is 0 Å². The van der Waals surface area contributed by atoms with Gasteiger partial charge in [-0.15, -0.1) is 0 Å². The second kappa shape index (κ2) is 6.48. The lowest BCUT2D eigenvalue weighted by molar-refractivity contribution is 0.0595. The van der Waals surface area contributed by atoms with Crippen molar-refractivity contribution in [1.29, 1.82) is 0 Å². The second-order valence-electron chi connectivity index (χ2n) is 6.14. The highest BCUT2D eigenvalue weighted by Gasteiger charge is 2.44. The maximum absolute atomic E-state index is 11.5. The maximum atomic E-state index is 11.5. The molecular formula is C17H23NO3. The Kier molecular flexibility index (Phi) is 4.44. The van der Waals surface area contributed by atoms with Crippen LogP contribution in [0.15, 0.2) is 30.3 Å². The van der Waals surface area contributed by atoms with Crippen LogP contribution in [0.5, 0.6) is 0 Å². The number of ether oxygens (including phenoxy) is 1. The average Bonchev–Trinajstić information content (AvgIpc) is 3.29. The van der Waals surface area contributed by atoms with Crippen LogP contribution in [0.1, 0.15) is 37.2 Å². The molecule has 1 saturated heterocycles. The normalized spacial score (nSPS) is 25.5. The zero-order chi connectivity index (χ0) is 14.7. The number of carbonyl (C=O) groups is 1. The fraction of sp³-hybridized carbons (Fsp3) is 0.588. The van der Waals surface area contributed by atoms with Crippen molar-refractivity contribution in [2.24, 2.45) is 5.92 Å². The smallest absolute Gasteiger partial charge is 0.407 e. The first-order chi connectivity index (χ1) is 10.3. The molecule has 1 amide bonds. The van der Waals surface area contributed by atoms with Crippen molar-refractivity contribution in [3.8, 4) is 0 Å². The Balaban J connectivity index is 1.55. The minimum absolute atomic E-state index is 0.171. The van der Waals surface area contributed by atoms with Crippen LogP contribution >= 0.6 is 0 Å². The van der Waals surface area contributed by atoms with Crippen LogP contribution in [0.4, 0.5) is 4.79 Å².